The molecule has 2 aliphatic heterocycles. The van der Waals surface area contributed by atoms with Gasteiger partial charge in [0.2, 0.25) is 20.3 Å². The first-order valence-corrected chi connectivity index (χ1v) is 14.0. The highest BCUT2D eigenvalue weighted by molar-refractivity contribution is 7.91. The highest BCUT2D eigenvalue weighted by Crippen LogP contribution is 2.34. The summed E-state index contributed by atoms with van der Waals surface area (Å²) in [7, 11) is -4.35. The number of benzene rings is 2. The minimum atomic E-state index is -4.35. The van der Waals surface area contributed by atoms with Gasteiger partial charge in [0.1, 0.15) is 12.1 Å². The summed E-state index contributed by atoms with van der Waals surface area (Å²) in [5.41, 5.74) is -0.607. The summed E-state index contributed by atoms with van der Waals surface area (Å²) < 4.78 is 27.0. The van der Waals surface area contributed by atoms with Crippen LogP contribution in [0.5, 0.6) is 0 Å². The van der Waals surface area contributed by atoms with Crippen LogP contribution in [0.25, 0.3) is 0 Å². The number of rotatable bonds is 8. The van der Waals surface area contributed by atoms with Crippen molar-refractivity contribution in [3.05, 3.63) is 58.7 Å². The minimum Gasteiger partial charge on any atom is -0.279 e. The second-order valence-corrected chi connectivity index (χ2v) is 12.6. The molecule has 4 rings (SSSR count). The van der Waals surface area contributed by atoms with Gasteiger partial charge in [-0.25, -0.2) is 8.42 Å². The van der Waals surface area contributed by atoms with E-state index in [2.05, 4.69) is 0 Å². The lowest BCUT2D eigenvalue weighted by Crippen LogP contribution is -2.46. The first-order valence-electron chi connectivity index (χ1n) is 11.8. The molecule has 10 nitrogen and oxygen atoms in total. The zero-order valence-corrected chi connectivity index (χ0v) is 23.4. The summed E-state index contributed by atoms with van der Waals surface area (Å²) in [5, 5.41) is -1.82. The van der Waals surface area contributed by atoms with Gasteiger partial charge in [0.15, 0.2) is 0 Å². The number of hydrogen-bond acceptors (Lipinski definition) is 8. The molecule has 2 heterocycles. The highest BCUT2D eigenvalue weighted by Gasteiger charge is 2.46. The molecule has 2 atom stereocenters. The summed E-state index contributed by atoms with van der Waals surface area (Å²) in [6.45, 7) is 6.44. The first kappa shape index (κ1) is 28.6. The maximum absolute atomic E-state index is 13.5. The van der Waals surface area contributed by atoms with Gasteiger partial charge in [-0.3, -0.25) is 38.6 Å². The lowest BCUT2D eigenvalue weighted by Gasteiger charge is -2.25. The van der Waals surface area contributed by atoms with Gasteiger partial charge in [-0.1, -0.05) is 27.7 Å². The monoisotopic (exact) mass is 592 g/mol. The van der Waals surface area contributed by atoms with Crippen molar-refractivity contribution in [2.75, 3.05) is 0 Å². The van der Waals surface area contributed by atoms with Crippen LogP contribution in [0.15, 0.2) is 46.2 Å². The summed E-state index contributed by atoms with van der Waals surface area (Å²) in [6.07, 6.45) is 0. The highest BCUT2D eigenvalue weighted by atomic mass is 35.5. The summed E-state index contributed by atoms with van der Waals surface area (Å²) >= 11 is 11.3. The van der Waals surface area contributed by atoms with Crippen molar-refractivity contribution < 1.29 is 37.2 Å². The zero-order valence-electron chi connectivity index (χ0n) is 21.1. The Labute approximate surface area is 233 Å². The Morgan fingerprint density at radius 2 is 0.923 bits per heavy atom. The van der Waals surface area contributed by atoms with Crippen molar-refractivity contribution in [1.82, 2.24) is 9.80 Å². The Bertz CT molecular complexity index is 1490. The molecule has 2 aliphatic rings. The van der Waals surface area contributed by atoms with Crippen LogP contribution in [0.1, 0.15) is 69.1 Å². The topological polar surface area (TPSA) is 143 Å². The maximum Gasteiger partial charge on any atom is 0.262 e. The van der Waals surface area contributed by atoms with E-state index in [4.69, 9.17) is 23.2 Å². The zero-order chi connectivity index (χ0) is 29.1. The number of halogens is 2. The molecule has 0 aliphatic carbocycles. The molecule has 204 valence electrons. The van der Waals surface area contributed by atoms with E-state index >= 15 is 0 Å². The Kier molecular flexibility index (Phi) is 7.30. The molecule has 2 aromatic carbocycles. The van der Waals surface area contributed by atoms with Gasteiger partial charge in [0.05, 0.1) is 32.0 Å². The van der Waals surface area contributed by atoms with Crippen molar-refractivity contribution in [1.29, 1.82) is 0 Å². The van der Waals surface area contributed by atoms with Crippen molar-refractivity contribution in [2.45, 2.75) is 49.6 Å². The predicted molar refractivity (Wildman–Crippen MR) is 138 cm³/mol. The summed E-state index contributed by atoms with van der Waals surface area (Å²) in [5.74, 6) is -4.26. The second kappa shape index (κ2) is 9.96. The molecule has 2 aromatic rings. The maximum atomic E-state index is 13.5. The Balaban J connectivity index is 1.74. The molecule has 0 spiro atoms. The largest absolute Gasteiger partial charge is 0.279 e. The fourth-order valence-corrected chi connectivity index (χ4v) is 6.79. The molecule has 4 amide bonds. The van der Waals surface area contributed by atoms with Crippen molar-refractivity contribution >= 4 is 67.2 Å². The number of carbonyl (C=O) groups is 6. The molecule has 0 unspecified atom stereocenters. The van der Waals surface area contributed by atoms with E-state index in [-0.39, 0.29) is 32.0 Å². The van der Waals surface area contributed by atoms with Crippen LogP contribution in [-0.4, -0.2) is 64.4 Å². The number of imide groups is 2. The SMILES string of the molecule is CC(C)[C@@H](C(=O)Cl)N1C(=O)c2ccc(S(=O)(=O)c3ccc4c(c3)C(=O)N([C@H](C(=O)Cl)C(C)C)C4=O)cc2C1=O. The third-order valence-corrected chi connectivity index (χ3v) is 8.88. The number of carbonyl (C=O) groups excluding carboxylic acids is 6. The van der Waals surface area contributed by atoms with Gasteiger partial charge in [-0.05, 0) is 71.4 Å². The molecular formula is C26H22Cl2N2O8S. The Morgan fingerprint density at radius 1 is 0.615 bits per heavy atom. The van der Waals surface area contributed by atoms with Gasteiger partial charge in [0, 0.05) is 0 Å². The quantitative estimate of drug-likeness (QED) is 0.335. The number of fused-ring (bicyclic) bond motifs is 2. The van der Waals surface area contributed by atoms with Crippen LogP contribution in [0.3, 0.4) is 0 Å². The van der Waals surface area contributed by atoms with Crippen LogP contribution in [0.4, 0.5) is 0 Å². The average molecular weight is 593 g/mol. The van der Waals surface area contributed by atoms with Gasteiger partial charge in [0.25, 0.3) is 23.6 Å². The van der Waals surface area contributed by atoms with Gasteiger partial charge in [-0.15, -0.1) is 0 Å². The third-order valence-electron chi connectivity index (χ3n) is 6.68. The van der Waals surface area contributed by atoms with E-state index in [1.165, 1.54) is 12.1 Å². The van der Waals surface area contributed by atoms with E-state index in [0.29, 0.717) is 0 Å². The minimum absolute atomic E-state index is 0.0849. The van der Waals surface area contributed by atoms with Crippen LogP contribution in [0.2, 0.25) is 0 Å². The molecule has 0 radical (unpaired) electrons. The molecule has 0 saturated heterocycles. The van der Waals surface area contributed by atoms with Gasteiger partial charge < -0.3 is 0 Å². The number of nitrogens with zero attached hydrogens (tertiary/aromatic N) is 2. The predicted octanol–water partition coefficient (Wildman–Crippen LogP) is 3.29. The van der Waals surface area contributed by atoms with Crippen LogP contribution in [-0.2, 0) is 19.4 Å². The van der Waals surface area contributed by atoms with E-state index in [1.54, 1.807) is 27.7 Å². The van der Waals surface area contributed by atoms with Gasteiger partial charge >= 0.3 is 0 Å². The van der Waals surface area contributed by atoms with Crippen LogP contribution >= 0.6 is 23.2 Å². The Morgan fingerprint density at radius 3 is 1.21 bits per heavy atom. The number of hydrogen-bond donors (Lipinski definition) is 0. The standard InChI is InChI=1S/C26H22Cl2N2O8S/c1-11(2)19(21(27)31)29-23(33)15-7-5-13(9-17(15)25(29)35)39(37,38)14-6-8-16-18(10-14)26(36)30(24(16)34)20(12(3)4)22(28)32/h5-12,19-20H,1-4H3/t19-,20-/m0/s1. The molecule has 0 aromatic heterocycles. The smallest absolute Gasteiger partial charge is 0.262 e. The second-order valence-electron chi connectivity index (χ2n) is 9.86. The van der Waals surface area contributed by atoms with E-state index in [9.17, 15) is 37.2 Å². The van der Waals surface area contributed by atoms with E-state index in [0.717, 1.165) is 34.1 Å². The lowest BCUT2D eigenvalue weighted by molar-refractivity contribution is -0.117. The molecule has 0 fully saturated rings. The van der Waals surface area contributed by atoms with E-state index in [1.807, 2.05) is 0 Å². The van der Waals surface area contributed by atoms with Crippen LogP contribution in [0, 0.1) is 11.8 Å². The fourth-order valence-electron chi connectivity index (χ4n) is 4.78. The van der Waals surface area contributed by atoms with Crippen molar-refractivity contribution in [2.24, 2.45) is 11.8 Å². The first-order chi connectivity index (χ1) is 18.1. The molecule has 0 bridgehead atoms. The number of amides is 4. The fraction of sp³-hybridized carbons (Fsp3) is 0.308. The summed E-state index contributed by atoms with van der Waals surface area (Å²) in [6, 6.07) is 4.16. The lowest BCUT2D eigenvalue weighted by atomic mass is 10.0. The molecule has 0 saturated carbocycles. The Hall–Kier alpha value is -3.41. The van der Waals surface area contributed by atoms with Gasteiger partial charge in [-0.2, -0.15) is 0 Å². The average Bonchev–Trinajstić information content (AvgIpc) is 3.23. The molecule has 13 heteroatoms. The number of sulfone groups is 1. The van der Waals surface area contributed by atoms with Crippen molar-refractivity contribution in [3.8, 4) is 0 Å². The van der Waals surface area contributed by atoms with Crippen molar-refractivity contribution in [3.63, 3.8) is 0 Å². The summed E-state index contributed by atoms with van der Waals surface area (Å²) in [4.78, 5) is 76.6. The molecule has 39 heavy (non-hydrogen) atoms. The van der Waals surface area contributed by atoms with E-state index < -0.39 is 67.9 Å². The van der Waals surface area contributed by atoms with Crippen LogP contribution < -0.4 is 0 Å². The molecular weight excluding hydrogens is 571 g/mol. The molecule has 0 N–H and O–H groups in total. The normalized spacial score (nSPS) is 16.7. The third kappa shape index (κ3) is 4.48.